The molecule has 0 bridgehead atoms. The van der Waals surface area contributed by atoms with Crippen LogP contribution in [0.4, 0.5) is 24.7 Å². The van der Waals surface area contributed by atoms with Crippen LogP contribution in [0.15, 0.2) is 48.5 Å². The van der Waals surface area contributed by atoms with Crippen molar-refractivity contribution in [3.8, 4) is 11.5 Å². The molecular weight excluding hydrogens is 469 g/mol. The molecule has 2 aliphatic heterocycles. The van der Waals surface area contributed by atoms with Gasteiger partial charge in [0.15, 0.2) is 23.2 Å². The maximum atomic E-state index is 14.0. The minimum absolute atomic E-state index is 0.0507. The smallest absolute Gasteiger partial charge is 0.410 e. The zero-order valence-corrected chi connectivity index (χ0v) is 18.3. The Morgan fingerprint density at radius 1 is 1.14 bits per heavy atom. The van der Waals surface area contributed by atoms with Crippen LogP contribution < -0.4 is 20.1 Å². The van der Waals surface area contributed by atoms with Gasteiger partial charge < -0.3 is 24.8 Å². The third kappa shape index (κ3) is 4.34. The number of hydrogen-bond acceptors (Lipinski definition) is 7. The summed E-state index contributed by atoms with van der Waals surface area (Å²) in [6, 6.07) is 9.55. The number of methoxy groups -OCH3 is 1. The van der Waals surface area contributed by atoms with E-state index in [0.29, 0.717) is 17.1 Å². The van der Waals surface area contributed by atoms with E-state index in [1.54, 1.807) is 18.2 Å². The summed E-state index contributed by atoms with van der Waals surface area (Å²) in [6.45, 7) is 0.0514. The summed E-state index contributed by atoms with van der Waals surface area (Å²) in [5, 5.41) is 9.53. The molecular formula is C23H19F3N4O5. The number of hydrogen-bond donors (Lipinski definition) is 2. The van der Waals surface area contributed by atoms with Gasteiger partial charge in [0, 0.05) is 18.2 Å². The van der Waals surface area contributed by atoms with Crippen LogP contribution in [0.2, 0.25) is 0 Å². The fourth-order valence-electron chi connectivity index (χ4n) is 4.07. The van der Waals surface area contributed by atoms with Gasteiger partial charge in [-0.15, -0.1) is 0 Å². The lowest BCUT2D eigenvalue weighted by Gasteiger charge is -2.33. The molecule has 0 aliphatic carbocycles. The number of carbonyl (C=O) groups is 2. The first-order valence-electron chi connectivity index (χ1n) is 10.5. The molecule has 0 radical (unpaired) electrons. The zero-order valence-electron chi connectivity index (χ0n) is 18.3. The quantitative estimate of drug-likeness (QED) is 0.528. The van der Waals surface area contributed by atoms with Gasteiger partial charge in [0.2, 0.25) is 6.79 Å². The van der Waals surface area contributed by atoms with Gasteiger partial charge in [-0.05, 0) is 35.9 Å². The summed E-state index contributed by atoms with van der Waals surface area (Å²) in [6.07, 6.45) is -4.93. The van der Waals surface area contributed by atoms with Gasteiger partial charge in [-0.1, -0.05) is 12.1 Å². The lowest BCUT2D eigenvalue weighted by Crippen LogP contribution is -2.35. The van der Waals surface area contributed by atoms with Crippen LogP contribution in [-0.4, -0.2) is 41.7 Å². The van der Waals surface area contributed by atoms with E-state index < -0.39 is 30.1 Å². The number of anilines is 2. The van der Waals surface area contributed by atoms with Crippen LogP contribution >= 0.6 is 0 Å². The molecule has 2 unspecified atom stereocenters. The molecule has 1 aromatic heterocycles. The van der Waals surface area contributed by atoms with Crippen molar-refractivity contribution in [1.82, 2.24) is 9.78 Å². The number of carbonyl (C=O) groups excluding carboxylic acids is 2. The Balaban J connectivity index is 1.42. The summed E-state index contributed by atoms with van der Waals surface area (Å²) >= 11 is 0. The van der Waals surface area contributed by atoms with Gasteiger partial charge in [0.25, 0.3) is 5.91 Å². The van der Waals surface area contributed by atoms with E-state index in [4.69, 9.17) is 9.47 Å². The van der Waals surface area contributed by atoms with E-state index in [-0.39, 0.29) is 36.0 Å². The summed E-state index contributed by atoms with van der Waals surface area (Å²) < 4.78 is 57.9. The molecule has 0 spiro atoms. The molecule has 12 heteroatoms. The Labute approximate surface area is 196 Å². The van der Waals surface area contributed by atoms with E-state index in [1.165, 1.54) is 37.4 Å². The van der Waals surface area contributed by atoms with Crippen LogP contribution in [0, 0.1) is 0 Å². The van der Waals surface area contributed by atoms with Crippen LogP contribution in [0.5, 0.6) is 11.5 Å². The second-order valence-electron chi connectivity index (χ2n) is 7.99. The molecule has 5 rings (SSSR count). The molecule has 2 aromatic carbocycles. The molecule has 2 aliphatic rings. The highest BCUT2D eigenvalue weighted by Gasteiger charge is 2.47. The van der Waals surface area contributed by atoms with Crippen molar-refractivity contribution in [2.45, 2.75) is 24.7 Å². The maximum Gasteiger partial charge on any atom is 0.410 e. The van der Waals surface area contributed by atoms with Crippen molar-refractivity contribution in [2.75, 3.05) is 24.5 Å². The number of aromatic nitrogens is 2. The number of ether oxygens (including phenoxy) is 3. The summed E-state index contributed by atoms with van der Waals surface area (Å²) in [7, 11) is 1.23. The van der Waals surface area contributed by atoms with Crippen LogP contribution in [0.3, 0.4) is 0 Å². The number of alkyl halides is 3. The standard InChI is InChI=1S/C23H19F3N4O5/c1-33-22(32)13-3-2-4-14(7-13)27-21(31)16-10-20-28-15(9-19(23(24,25)26)30(20)29-16)12-5-6-17-18(8-12)35-11-34-17/h2-8,10,15,19,28H,9,11H2,1H3,(H,27,31). The van der Waals surface area contributed by atoms with Gasteiger partial charge in [0.1, 0.15) is 5.82 Å². The highest BCUT2D eigenvalue weighted by Crippen LogP contribution is 2.45. The Morgan fingerprint density at radius 2 is 1.94 bits per heavy atom. The SMILES string of the molecule is COC(=O)c1cccc(NC(=O)c2cc3n(n2)C(C(F)(F)F)CC(c2ccc4c(c2)OCO4)N3)c1. The monoisotopic (exact) mass is 488 g/mol. The lowest BCUT2D eigenvalue weighted by atomic mass is 9.96. The van der Waals surface area contributed by atoms with Crippen LogP contribution in [0.1, 0.15) is 44.9 Å². The summed E-state index contributed by atoms with van der Waals surface area (Å²) in [5.74, 6) is -0.283. The van der Waals surface area contributed by atoms with Gasteiger partial charge in [-0.25, -0.2) is 9.48 Å². The van der Waals surface area contributed by atoms with Gasteiger partial charge >= 0.3 is 12.1 Å². The van der Waals surface area contributed by atoms with E-state index in [2.05, 4.69) is 20.5 Å². The van der Waals surface area contributed by atoms with Crippen molar-refractivity contribution in [3.05, 3.63) is 65.4 Å². The van der Waals surface area contributed by atoms with Crippen molar-refractivity contribution >= 4 is 23.4 Å². The highest BCUT2D eigenvalue weighted by atomic mass is 19.4. The van der Waals surface area contributed by atoms with Crippen molar-refractivity contribution < 1.29 is 37.0 Å². The number of esters is 1. The number of rotatable bonds is 4. The average Bonchev–Trinajstić information content (AvgIpc) is 3.48. The van der Waals surface area contributed by atoms with Crippen LogP contribution in [0.25, 0.3) is 0 Å². The van der Waals surface area contributed by atoms with Crippen molar-refractivity contribution in [2.24, 2.45) is 0 Å². The average molecular weight is 488 g/mol. The van der Waals surface area contributed by atoms with E-state index >= 15 is 0 Å². The van der Waals surface area contributed by atoms with Crippen molar-refractivity contribution in [1.29, 1.82) is 0 Å². The number of benzene rings is 2. The minimum Gasteiger partial charge on any atom is -0.465 e. The molecule has 0 fully saturated rings. The number of nitrogens with zero attached hydrogens (tertiary/aromatic N) is 2. The fourth-order valence-corrected chi connectivity index (χ4v) is 4.07. The molecule has 3 aromatic rings. The highest BCUT2D eigenvalue weighted by molar-refractivity contribution is 6.04. The fraction of sp³-hybridized carbons (Fsp3) is 0.261. The maximum absolute atomic E-state index is 14.0. The Bertz CT molecular complexity index is 1310. The Morgan fingerprint density at radius 3 is 2.71 bits per heavy atom. The number of fused-ring (bicyclic) bond motifs is 2. The second-order valence-corrected chi connectivity index (χ2v) is 7.99. The van der Waals surface area contributed by atoms with Crippen LogP contribution in [-0.2, 0) is 4.74 Å². The minimum atomic E-state index is -4.60. The third-order valence-electron chi connectivity index (χ3n) is 5.76. The molecule has 1 amide bonds. The largest absolute Gasteiger partial charge is 0.465 e. The molecule has 2 N–H and O–H groups in total. The number of nitrogens with one attached hydrogen (secondary N) is 2. The first-order chi connectivity index (χ1) is 16.7. The molecule has 3 heterocycles. The Hall–Kier alpha value is -4.22. The summed E-state index contributed by atoms with van der Waals surface area (Å²) in [5.41, 5.74) is 0.848. The topological polar surface area (TPSA) is 104 Å². The number of halogens is 3. The zero-order chi connectivity index (χ0) is 24.7. The normalized spacial score (nSPS) is 18.4. The molecule has 0 saturated carbocycles. The van der Waals surface area contributed by atoms with Gasteiger partial charge in [-0.3, -0.25) is 4.79 Å². The lowest BCUT2D eigenvalue weighted by molar-refractivity contribution is -0.173. The van der Waals surface area contributed by atoms with Gasteiger partial charge in [-0.2, -0.15) is 18.3 Å². The first-order valence-corrected chi connectivity index (χ1v) is 10.5. The Kier molecular flexibility index (Phi) is 5.50. The molecule has 182 valence electrons. The van der Waals surface area contributed by atoms with E-state index in [0.717, 1.165) is 4.68 Å². The van der Waals surface area contributed by atoms with Gasteiger partial charge in [0.05, 0.1) is 18.7 Å². The molecule has 35 heavy (non-hydrogen) atoms. The molecule has 0 saturated heterocycles. The van der Waals surface area contributed by atoms with E-state index in [9.17, 15) is 22.8 Å². The predicted octanol–water partition coefficient (Wildman–Crippen LogP) is 4.31. The predicted molar refractivity (Wildman–Crippen MR) is 117 cm³/mol. The first kappa shape index (κ1) is 22.6. The number of amides is 1. The summed E-state index contributed by atoms with van der Waals surface area (Å²) in [4.78, 5) is 24.5. The van der Waals surface area contributed by atoms with Crippen molar-refractivity contribution in [3.63, 3.8) is 0 Å². The van der Waals surface area contributed by atoms with E-state index in [1.807, 2.05) is 0 Å². The third-order valence-corrected chi connectivity index (χ3v) is 5.76. The molecule has 9 nitrogen and oxygen atoms in total. The second kappa shape index (κ2) is 8.53. The molecule has 2 atom stereocenters.